The van der Waals surface area contributed by atoms with Gasteiger partial charge in [-0.3, -0.25) is 0 Å². The summed E-state index contributed by atoms with van der Waals surface area (Å²) in [6.07, 6.45) is 0.985. The second-order valence-electron chi connectivity index (χ2n) is 4.99. The van der Waals surface area contributed by atoms with Gasteiger partial charge in [-0.05, 0) is 23.7 Å². The van der Waals surface area contributed by atoms with E-state index in [4.69, 9.17) is 16.3 Å². The van der Waals surface area contributed by atoms with Crippen LogP contribution in [0.1, 0.15) is 18.1 Å². The zero-order valence-electron chi connectivity index (χ0n) is 11.6. The lowest BCUT2D eigenvalue weighted by atomic mass is 10.00. The van der Waals surface area contributed by atoms with E-state index in [2.05, 4.69) is 42.6 Å². The van der Waals surface area contributed by atoms with Crippen molar-refractivity contribution in [3.63, 3.8) is 0 Å². The molecule has 0 saturated heterocycles. The summed E-state index contributed by atoms with van der Waals surface area (Å²) in [5.74, 6) is 0.994. The number of benzene rings is 2. The lowest BCUT2D eigenvalue weighted by molar-refractivity contribution is 0.358. The van der Waals surface area contributed by atoms with Crippen LogP contribution in [0.15, 0.2) is 36.4 Å². The number of hydrogen-bond acceptors (Lipinski definition) is 2. The Morgan fingerprint density at radius 1 is 1.20 bits per heavy atom. The van der Waals surface area contributed by atoms with Crippen LogP contribution in [0.4, 0.5) is 0 Å². The van der Waals surface area contributed by atoms with Crippen molar-refractivity contribution < 1.29 is 4.74 Å². The van der Waals surface area contributed by atoms with Gasteiger partial charge in [-0.1, -0.05) is 48.9 Å². The van der Waals surface area contributed by atoms with Crippen LogP contribution in [0.25, 0.3) is 11.1 Å². The molecule has 104 valence electrons. The van der Waals surface area contributed by atoms with Gasteiger partial charge in [0.15, 0.2) is 0 Å². The minimum absolute atomic E-state index is 0.766. The third kappa shape index (κ3) is 2.54. The molecule has 0 aliphatic carbocycles. The highest BCUT2D eigenvalue weighted by molar-refractivity contribution is 6.33. The number of halogens is 1. The van der Waals surface area contributed by atoms with Crippen molar-refractivity contribution in [1.29, 1.82) is 0 Å². The lowest BCUT2D eigenvalue weighted by Crippen LogP contribution is -2.11. The standard InChI is InChI=1S/C17H18ClNO/c1-2-19-11-12-6-7-14(16(18)10-12)15-5-3-4-13-8-9-20-17(13)15/h3-7,10,19H,2,8-9,11H2,1H3. The Morgan fingerprint density at radius 2 is 2.10 bits per heavy atom. The van der Waals surface area contributed by atoms with Crippen LogP contribution >= 0.6 is 11.6 Å². The van der Waals surface area contributed by atoms with Crippen LogP contribution in [0.3, 0.4) is 0 Å². The molecule has 3 heteroatoms. The Morgan fingerprint density at radius 3 is 2.90 bits per heavy atom. The molecular weight excluding hydrogens is 270 g/mol. The van der Waals surface area contributed by atoms with E-state index in [1.807, 2.05) is 6.07 Å². The van der Waals surface area contributed by atoms with E-state index in [1.54, 1.807) is 0 Å². The van der Waals surface area contributed by atoms with Crippen molar-refractivity contribution in [2.45, 2.75) is 19.9 Å². The predicted molar refractivity (Wildman–Crippen MR) is 83.5 cm³/mol. The molecule has 0 atom stereocenters. The summed E-state index contributed by atoms with van der Waals surface area (Å²) >= 11 is 6.46. The first-order chi connectivity index (χ1) is 9.79. The molecule has 0 fully saturated rings. The van der Waals surface area contributed by atoms with Crippen molar-refractivity contribution >= 4 is 11.6 Å². The molecule has 0 saturated carbocycles. The molecule has 2 aromatic carbocycles. The third-order valence-electron chi connectivity index (χ3n) is 3.62. The molecule has 2 nitrogen and oxygen atoms in total. The molecule has 1 N–H and O–H groups in total. The minimum atomic E-state index is 0.766. The smallest absolute Gasteiger partial charge is 0.130 e. The highest BCUT2D eigenvalue weighted by Gasteiger charge is 2.18. The Bertz CT molecular complexity index is 624. The van der Waals surface area contributed by atoms with Crippen LogP contribution in [0, 0.1) is 0 Å². The van der Waals surface area contributed by atoms with Crippen molar-refractivity contribution in [3.05, 3.63) is 52.5 Å². The molecular formula is C17H18ClNO. The highest BCUT2D eigenvalue weighted by atomic mass is 35.5. The Hall–Kier alpha value is -1.51. The Labute approximate surface area is 124 Å². The van der Waals surface area contributed by atoms with Crippen molar-refractivity contribution in [1.82, 2.24) is 5.32 Å². The van der Waals surface area contributed by atoms with E-state index in [1.165, 1.54) is 11.1 Å². The second kappa shape index (κ2) is 5.86. The zero-order chi connectivity index (χ0) is 13.9. The van der Waals surface area contributed by atoms with Crippen molar-refractivity contribution in [2.24, 2.45) is 0 Å². The quantitative estimate of drug-likeness (QED) is 0.916. The van der Waals surface area contributed by atoms with E-state index in [0.29, 0.717) is 0 Å². The van der Waals surface area contributed by atoms with Gasteiger partial charge in [-0.25, -0.2) is 0 Å². The average Bonchev–Trinajstić information content (AvgIpc) is 2.94. The van der Waals surface area contributed by atoms with Crippen LogP contribution in [-0.4, -0.2) is 13.2 Å². The van der Waals surface area contributed by atoms with Gasteiger partial charge in [0.05, 0.1) is 6.61 Å². The highest BCUT2D eigenvalue weighted by Crippen LogP contribution is 2.39. The summed E-state index contributed by atoms with van der Waals surface area (Å²) in [5, 5.41) is 4.09. The van der Waals surface area contributed by atoms with Gasteiger partial charge in [0.1, 0.15) is 5.75 Å². The molecule has 0 amide bonds. The molecule has 20 heavy (non-hydrogen) atoms. The fraction of sp³-hybridized carbons (Fsp3) is 0.294. The topological polar surface area (TPSA) is 21.3 Å². The van der Waals surface area contributed by atoms with E-state index in [9.17, 15) is 0 Å². The number of rotatable bonds is 4. The van der Waals surface area contributed by atoms with Gasteiger partial charge < -0.3 is 10.1 Å². The summed E-state index contributed by atoms with van der Waals surface area (Å²) in [5.41, 5.74) is 4.62. The maximum absolute atomic E-state index is 6.46. The van der Waals surface area contributed by atoms with Crippen LogP contribution in [0.2, 0.25) is 5.02 Å². The van der Waals surface area contributed by atoms with Crippen molar-refractivity contribution in [2.75, 3.05) is 13.2 Å². The molecule has 0 unspecified atom stereocenters. The summed E-state index contributed by atoms with van der Waals surface area (Å²) in [6.45, 7) is 4.67. The molecule has 0 spiro atoms. The largest absolute Gasteiger partial charge is 0.492 e. The monoisotopic (exact) mass is 287 g/mol. The summed E-state index contributed by atoms with van der Waals surface area (Å²) in [6, 6.07) is 12.5. The first-order valence-electron chi connectivity index (χ1n) is 7.04. The summed E-state index contributed by atoms with van der Waals surface area (Å²) < 4.78 is 5.76. The first kappa shape index (κ1) is 13.5. The van der Waals surface area contributed by atoms with Gasteiger partial charge in [-0.2, -0.15) is 0 Å². The number of fused-ring (bicyclic) bond motifs is 1. The molecule has 1 aliphatic heterocycles. The molecule has 2 aromatic rings. The minimum Gasteiger partial charge on any atom is -0.492 e. The van der Waals surface area contributed by atoms with Gasteiger partial charge in [-0.15, -0.1) is 0 Å². The van der Waals surface area contributed by atoms with Crippen LogP contribution in [0.5, 0.6) is 5.75 Å². The van der Waals surface area contributed by atoms with Crippen LogP contribution < -0.4 is 10.1 Å². The van der Waals surface area contributed by atoms with Gasteiger partial charge in [0, 0.05) is 29.1 Å². The predicted octanol–water partition coefficient (Wildman–Crippen LogP) is 4.05. The lowest BCUT2D eigenvalue weighted by Gasteiger charge is -2.11. The van der Waals surface area contributed by atoms with E-state index >= 15 is 0 Å². The number of hydrogen-bond donors (Lipinski definition) is 1. The van der Waals surface area contributed by atoms with Gasteiger partial charge >= 0.3 is 0 Å². The number of nitrogens with one attached hydrogen (secondary N) is 1. The SMILES string of the molecule is CCNCc1ccc(-c2cccc3c2OCC3)c(Cl)c1. The van der Waals surface area contributed by atoms with E-state index in [-0.39, 0.29) is 0 Å². The summed E-state index contributed by atoms with van der Waals surface area (Å²) in [4.78, 5) is 0. The maximum Gasteiger partial charge on any atom is 0.130 e. The molecule has 1 heterocycles. The van der Waals surface area contributed by atoms with E-state index in [0.717, 1.165) is 48.0 Å². The van der Waals surface area contributed by atoms with Gasteiger partial charge in [0.25, 0.3) is 0 Å². The normalized spacial score (nSPS) is 13.1. The fourth-order valence-corrected chi connectivity index (χ4v) is 2.89. The molecule has 0 aromatic heterocycles. The zero-order valence-corrected chi connectivity index (χ0v) is 12.3. The number of para-hydroxylation sites is 1. The van der Waals surface area contributed by atoms with E-state index < -0.39 is 0 Å². The number of ether oxygens (including phenoxy) is 1. The Kier molecular flexibility index (Phi) is 3.95. The van der Waals surface area contributed by atoms with Crippen molar-refractivity contribution in [3.8, 4) is 16.9 Å². The summed E-state index contributed by atoms with van der Waals surface area (Å²) in [7, 11) is 0. The molecule has 0 radical (unpaired) electrons. The molecule has 1 aliphatic rings. The molecule has 3 rings (SSSR count). The maximum atomic E-state index is 6.46. The average molecular weight is 288 g/mol. The fourth-order valence-electron chi connectivity index (χ4n) is 2.58. The van der Waals surface area contributed by atoms with Gasteiger partial charge in [0.2, 0.25) is 0 Å². The molecule has 0 bridgehead atoms. The first-order valence-corrected chi connectivity index (χ1v) is 7.41. The second-order valence-corrected chi connectivity index (χ2v) is 5.39. The Balaban J connectivity index is 1.97. The third-order valence-corrected chi connectivity index (χ3v) is 3.93. The van der Waals surface area contributed by atoms with Crippen LogP contribution in [-0.2, 0) is 13.0 Å².